The third-order valence-corrected chi connectivity index (χ3v) is 0. The van der Waals surface area contributed by atoms with Crippen LogP contribution in [0.25, 0.3) is 0 Å². The van der Waals surface area contributed by atoms with Crippen molar-refractivity contribution in [2.24, 2.45) is 0 Å². The van der Waals surface area contributed by atoms with Gasteiger partial charge in [-0.2, -0.15) is 0 Å². The van der Waals surface area contributed by atoms with Crippen LogP contribution in [0, 0.1) is 0 Å². The van der Waals surface area contributed by atoms with E-state index in [1.165, 1.54) is 0 Å². The fraction of sp³-hybridized carbons (Fsp3) is 1.00. The fourth-order valence-electron chi connectivity index (χ4n) is 0. The van der Waals surface area contributed by atoms with E-state index in [9.17, 15) is 0 Å². The molecule has 0 saturated heterocycles. The van der Waals surface area contributed by atoms with Crippen molar-refractivity contribution in [3.05, 3.63) is 0 Å². The van der Waals surface area contributed by atoms with E-state index < -0.39 is 0 Å². The van der Waals surface area contributed by atoms with Gasteiger partial charge >= 0.3 is 26.8 Å². The summed E-state index contributed by atoms with van der Waals surface area (Å²) in [5, 5.41) is 0. The Morgan fingerprint density at radius 1 is 1.25 bits per heavy atom. The first kappa shape index (κ1) is 8.82. The average molecular weight is 67.9 g/mol. The predicted octanol–water partition coefficient (Wildman–Crippen LogP) is 0.406. The van der Waals surface area contributed by atoms with Gasteiger partial charge < -0.3 is 8.41 Å². The van der Waals surface area contributed by atoms with E-state index in [0.717, 1.165) is 15.2 Å². The van der Waals surface area contributed by atoms with E-state index in [0.29, 0.717) is 0 Å². The molecular weight excluding hydrogens is 61.8 g/mol. The van der Waals surface area contributed by atoms with E-state index in [-0.39, 0.29) is 8.41 Å². The molecule has 0 aliphatic rings. The zero-order valence-corrected chi connectivity index (χ0v) is 4.31. The van der Waals surface area contributed by atoms with Gasteiger partial charge in [-0.05, 0) is 0 Å². The minimum absolute atomic E-state index is 0. The average Bonchev–Trinajstić information content (AvgIpc) is 0.918. The number of hydrogen-bond donors (Lipinski definition) is 0. The van der Waals surface area contributed by atoms with Gasteiger partial charge in [0.25, 0.3) is 0 Å². The van der Waals surface area contributed by atoms with E-state index in [1.807, 2.05) is 0 Å². The topological polar surface area (TPSA) is 0 Å². The molecule has 0 aromatic rings. The predicted molar refractivity (Wildman–Crippen MR) is 23.2 cm³/mol. The second kappa shape index (κ2) is 9.51. The van der Waals surface area contributed by atoms with E-state index in [1.54, 1.807) is 0 Å². The zero-order chi connectivity index (χ0) is 2.71. The molecule has 0 bridgehead atoms. The van der Waals surface area contributed by atoms with Gasteiger partial charge in [0, 0.05) is 0 Å². The maximum absolute atomic E-state index is 2.21. The molecule has 2 heteroatoms. The molecule has 4 heavy (non-hydrogen) atoms. The normalized spacial score (nSPS) is 2.50. The Bertz CT molecular complexity index is 6.00. The molecule has 0 aromatic carbocycles. The van der Waals surface area contributed by atoms with Crippen molar-refractivity contribution < 1.29 is 0 Å². The Morgan fingerprint density at radius 3 is 1.25 bits per heavy atom. The number of rotatable bonds is 0. The Hall–Kier alpha value is 0.597. The molecule has 0 amide bonds. The Kier molecular flexibility index (Phi) is 21.0. The molecular formula is C2H6AlB. The van der Waals surface area contributed by atoms with Crippen molar-refractivity contribution >= 4 is 23.6 Å². The van der Waals surface area contributed by atoms with E-state index in [4.69, 9.17) is 0 Å². The Labute approximate surface area is 35.9 Å². The van der Waals surface area contributed by atoms with Crippen molar-refractivity contribution in [1.82, 2.24) is 0 Å². The Morgan fingerprint density at radius 2 is 1.25 bits per heavy atom. The van der Waals surface area contributed by atoms with Gasteiger partial charge in [-0.1, -0.05) is 0 Å². The molecule has 0 saturated carbocycles. The van der Waals surface area contributed by atoms with Crippen molar-refractivity contribution in [3.63, 3.8) is 0 Å². The molecule has 0 aliphatic carbocycles. The van der Waals surface area contributed by atoms with Crippen LogP contribution in [0.15, 0.2) is 0 Å². The summed E-state index contributed by atoms with van der Waals surface area (Å²) in [7, 11) is 0. The van der Waals surface area contributed by atoms with Crippen LogP contribution in [0.4, 0.5) is 0 Å². The van der Waals surface area contributed by atoms with Crippen LogP contribution in [-0.4, -0.2) is 23.6 Å². The third-order valence-electron chi connectivity index (χ3n) is 0. The first-order valence-electron chi connectivity index (χ1n) is 1.15. The molecule has 0 atom stereocenters. The summed E-state index contributed by atoms with van der Waals surface area (Å²) < 4.78 is 0. The molecule has 4 radical (unpaired) electrons. The standard InChI is InChI=1S/2CH3.Al.B/h2*1H3;;/q;;+1;-1. The first-order valence-corrected chi connectivity index (χ1v) is 3.46. The summed E-state index contributed by atoms with van der Waals surface area (Å²) in [6, 6.07) is 0. The van der Waals surface area contributed by atoms with Crippen molar-refractivity contribution in [3.8, 4) is 0 Å². The second-order valence-electron chi connectivity index (χ2n) is 0.577. The summed E-state index contributed by atoms with van der Waals surface area (Å²) in [5.41, 5.74) is 0. The molecule has 0 N–H and O–H groups in total. The zero-order valence-electron chi connectivity index (χ0n) is 3.15. The quantitative estimate of drug-likeness (QED) is 0.360. The monoisotopic (exact) mass is 68.0 g/mol. The summed E-state index contributed by atoms with van der Waals surface area (Å²) in [6.07, 6.45) is 0. The second-order valence-corrected chi connectivity index (χ2v) is 1.73. The molecule has 0 spiro atoms. The minimum atomic E-state index is 0. The van der Waals surface area contributed by atoms with Gasteiger partial charge in [-0.25, -0.2) is 0 Å². The number of hydrogen-bond acceptors (Lipinski definition) is 0. The van der Waals surface area contributed by atoms with Crippen LogP contribution < -0.4 is 0 Å². The van der Waals surface area contributed by atoms with Crippen LogP contribution in [0.1, 0.15) is 0 Å². The fourth-order valence-corrected chi connectivity index (χ4v) is 0. The van der Waals surface area contributed by atoms with Crippen LogP contribution in [0.3, 0.4) is 0 Å². The van der Waals surface area contributed by atoms with Crippen molar-refractivity contribution in [2.45, 2.75) is 11.6 Å². The maximum atomic E-state index is 2.21. The van der Waals surface area contributed by atoms with Gasteiger partial charge in [-0.3, -0.25) is 0 Å². The first-order chi connectivity index (χ1) is 1.41. The molecule has 0 aromatic heterocycles. The van der Waals surface area contributed by atoms with Gasteiger partial charge in [-0.15, -0.1) is 0 Å². The third kappa shape index (κ3) is 18.6. The summed E-state index contributed by atoms with van der Waals surface area (Å²) in [4.78, 5) is 0. The molecule has 0 aliphatic heterocycles. The Balaban J connectivity index is 0. The summed E-state index contributed by atoms with van der Waals surface area (Å²) >= 11 is 0.750. The van der Waals surface area contributed by atoms with Crippen LogP contribution in [0.2, 0.25) is 11.6 Å². The SMILES string of the molecule is [B-].[CH3][Al+][CH3]. The molecule has 0 heterocycles. The van der Waals surface area contributed by atoms with E-state index in [2.05, 4.69) is 11.6 Å². The molecule has 0 nitrogen and oxygen atoms in total. The van der Waals surface area contributed by atoms with Gasteiger partial charge in [0.05, 0.1) is 0 Å². The van der Waals surface area contributed by atoms with Gasteiger partial charge in [0.2, 0.25) is 0 Å². The van der Waals surface area contributed by atoms with Crippen LogP contribution in [0.5, 0.6) is 0 Å². The van der Waals surface area contributed by atoms with Crippen LogP contribution in [-0.2, 0) is 0 Å². The van der Waals surface area contributed by atoms with Gasteiger partial charge in [0.15, 0.2) is 0 Å². The summed E-state index contributed by atoms with van der Waals surface area (Å²) in [5.74, 6) is 4.42. The van der Waals surface area contributed by atoms with Crippen molar-refractivity contribution in [1.29, 1.82) is 0 Å². The van der Waals surface area contributed by atoms with Crippen LogP contribution >= 0.6 is 0 Å². The summed E-state index contributed by atoms with van der Waals surface area (Å²) in [6.45, 7) is 0. The van der Waals surface area contributed by atoms with E-state index >= 15 is 0 Å². The molecule has 0 unspecified atom stereocenters. The molecule has 20 valence electrons. The van der Waals surface area contributed by atoms with Gasteiger partial charge in [0.1, 0.15) is 0 Å². The van der Waals surface area contributed by atoms with Crippen molar-refractivity contribution in [2.75, 3.05) is 0 Å². The molecule has 0 fully saturated rings. The molecule has 0 rings (SSSR count).